The third-order valence-corrected chi connectivity index (χ3v) is 3.47. The molecule has 112 valence electrons. The van der Waals surface area contributed by atoms with Crippen LogP contribution in [-0.2, 0) is 11.0 Å². The van der Waals surface area contributed by atoms with Crippen molar-refractivity contribution in [1.29, 1.82) is 0 Å². The quantitative estimate of drug-likeness (QED) is 0.878. The molecule has 2 aromatic rings. The number of hydrogen-bond acceptors (Lipinski definition) is 4. The van der Waals surface area contributed by atoms with Gasteiger partial charge in [-0.3, -0.25) is 9.36 Å². The van der Waals surface area contributed by atoms with E-state index in [9.17, 15) is 18.0 Å². The molecule has 5 nitrogen and oxygen atoms in total. The highest BCUT2D eigenvalue weighted by atomic mass is 32.2. The van der Waals surface area contributed by atoms with E-state index in [0.29, 0.717) is 5.82 Å². The molecule has 0 atom stereocenters. The van der Waals surface area contributed by atoms with Crippen LogP contribution in [0.4, 0.5) is 13.2 Å². The van der Waals surface area contributed by atoms with Crippen molar-refractivity contribution in [3.8, 4) is 5.69 Å². The molecule has 0 aliphatic carbocycles. The summed E-state index contributed by atoms with van der Waals surface area (Å²) in [5, 5.41) is 16.5. The Morgan fingerprint density at radius 3 is 2.71 bits per heavy atom. The molecule has 0 aliphatic heterocycles. The summed E-state index contributed by atoms with van der Waals surface area (Å²) < 4.78 is 39.6. The average Bonchev–Trinajstić information content (AvgIpc) is 2.76. The molecule has 0 radical (unpaired) electrons. The minimum Gasteiger partial charge on any atom is -0.481 e. The second kappa shape index (κ2) is 5.76. The lowest BCUT2D eigenvalue weighted by Gasteiger charge is -2.11. The summed E-state index contributed by atoms with van der Waals surface area (Å²) in [4.78, 5) is 10.6. The standard InChI is InChI=1S/C12H10F3N3O2S/c1-7-16-17-11(21-6-10(19)20)18(7)9-4-2-3-8(5-9)12(13,14)15/h2-5H,6H2,1H3,(H,19,20). The first-order valence-corrected chi connectivity index (χ1v) is 6.72. The van der Waals surface area contributed by atoms with Gasteiger partial charge in [-0.05, 0) is 25.1 Å². The number of nitrogens with zero attached hydrogens (tertiary/aromatic N) is 3. The van der Waals surface area contributed by atoms with E-state index >= 15 is 0 Å². The highest BCUT2D eigenvalue weighted by Crippen LogP contribution is 2.31. The van der Waals surface area contributed by atoms with E-state index in [1.54, 1.807) is 6.92 Å². The van der Waals surface area contributed by atoms with Crippen LogP contribution in [0.25, 0.3) is 5.69 Å². The van der Waals surface area contributed by atoms with Crippen molar-refractivity contribution in [3.05, 3.63) is 35.7 Å². The first-order valence-electron chi connectivity index (χ1n) is 5.73. The number of hydrogen-bond donors (Lipinski definition) is 1. The molecule has 1 N–H and O–H groups in total. The van der Waals surface area contributed by atoms with Gasteiger partial charge in [-0.25, -0.2) is 0 Å². The number of benzene rings is 1. The zero-order valence-electron chi connectivity index (χ0n) is 10.8. The molecule has 9 heteroatoms. The maximum absolute atomic E-state index is 12.7. The Kier molecular flexibility index (Phi) is 4.21. The number of aromatic nitrogens is 3. The van der Waals surface area contributed by atoms with Crippen LogP contribution in [0.2, 0.25) is 0 Å². The Hall–Kier alpha value is -2.03. The minimum atomic E-state index is -4.45. The largest absolute Gasteiger partial charge is 0.481 e. The van der Waals surface area contributed by atoms with Crippen LogP contribution in [0, 0.1) is 6.92 Å². The monoisotopic (exact) mass is 317 g/mol. The number of carbonyl (C=O) groups is 1. The summed E-state index contributed by atoms with van der Waals surface area (Å²) in [6, 6.07) is 4.70. The van der Waals surface area contributed by atoms with E-state index in [-0.39, 0.29) is 16.6 Å². The maximum Gasteiger partial charge on any atom is 0.416 e. The van der Waals surface area contributed by atoms with Crippen LogP contribution in [0.5, 0.6) is 0 Å². The normalized spacial score (nSPS) is 11.6. The first kappa shape index (κ1) is 15.4. The van der Waals surface area contributed by atoms with Crippen LogP contribution < -0.4 is 0 Å². The molecule has 0 spiro atoms. The first-order chi connectivity index (χ1) is 9.79. The van der Waals surface area contributed by atoms with E-state index in [1.165, 1.54) is 16.7 Å². The van der Waals surface area contributed by atoms with Crippen LogP contribution in [0.15, 0.2) is 29.4 Å². The van der Waals surface area contributed by atoms with Gasteiger partial charge in [0.15, 0.2) is 5.16 Å². The lowest BCUT2D eigenvalue weighted by atomic mass is 10.2. The van der Waals surface area contributed by atoms with Crippen LogP contribution in [0.3, 0.4) is 0 Å². The molecule has 0 saturated carbocycles. The molecule has 0 aliphatic rings. The van der Waals surface area contributed by atoms with Gasteiger partial charge in [0.25, 0.3) is 0 Å². The molecule has 1 aromatic carbocycles. The Labute approximate surface area is 121 Å². The molecule has 2 rings (SSSR count). The second-order valence-electron chi connectivity index (χ2n) is 4.10. The number of halogens is 3. The van der Waals surface area contributed by atoms with Crippen LogP contribution in [0.1, 0.15) is 11.4 Å². The van der Waals surface area contributed by atoms with Crippen molar-refractivity contribution in [1.82, 2.24) is 14.8 Å². The Balaban J connectivity index is 2.42. The Bertz CT molecular complexity index is 670. The summed E-state index contributed by atoms with van der Waals surface area (Å²) in [5.74, 6) is -0.921. The molecule has 0 amide bonds. The van der Waals surface area contributed by atoms with Gasteiger partial charge in [-0.2, -0.15) is 13.2 Å². The fraction of sp³-hybridized carbons (Fsp3) is 0.250. The molecular weight excluding hydrogens is 307 g/mol. The minimum absolute atomic E-state index is 0.231. The summed E-state index contributed by atoms with van der Waals surface area (Å²) in [6.07, 6.45) is -4.45. The molecule has 0 fully saturated rings. The molecular formula is C12H10F3N3O2S. The topological polar surface area (TPSA) is 68.0 Å². The molecule has 0 bridgehead atoms. The van der Waals surface area contributed by atoms with Crippen molar-refractivity contribution in [2.45, 2.75) is 18.3 Å². The Morgan fingerprint density at radius 2 is 2.10 bits per heavy atom. The third-order valence-electron chi connectivity index (χ3n) is 2.55. The summed E-state index contributed by atoms with van der Waals surface area (Å²) in [5.41, 5.74) is -0.553. The van der Waals surface area contributed by atoms with Gasteiger partial charge in [0.2, 0.25) is 0 Å². The third kappa shape index (κ3) is 3.54. The zero-order valence-corrected chi connectivity index (χ0v) is 11.6. The molecule has 1 heterocycles. The number of carboxylic acid groups (broad SMARTS) is 1. The average molecular weight is 317 g/mol. The number of alkyl halides is 3. The number of aliphatic carboxylic acids is 1. The van der Waals surface area contributed by atoms with Gasteiger partial charge in [0, 0.05) is 5.69 Å². The summed E-state index contributed by atoms with van der Waals surface area (Å²) in [6.45, 7) is 1.58. The molecule has 0 unspecified atom stereocenters. The lowest BCUT2D eigenvalue weighted by Crippen LogP contribution is -2.07. The van der Waals surface area contributed by atoms with Gasteiger partial charge in [0.1, 0.15) is 5.82 Å². The van der Waals surface area contributed by atoms with E-state index in [1.807, 2.05) is 0 Å². The van der Waals surface area contributed by atoms with Crippen molar-refractivity contribution in [3.63, 3.8) is 0 Å². The van der Waals surface area contributed by atoms with E-state index in [4.69, 9.17) is 5.11 Å². The zero-order chi connectivity index (χ0) is 15.6. The SMILES string of the molecule is Cc1nnc(SCC(=O)O)n1-c1cccc(C(F)(F)F)c1. The summed E-state index contributed by atoms with van der Waals surface area (Å²) in [7, 11) is 0. The number of aryl methyl sites for hydroxylation is 1. The second-order valence-corrected chi connectivity index (χ2v) is 5.04. The van der Waals surface area contributed by atoms with Crippen molar-refractivity contribution < 1.29 is 23.1 Å². The summed E-state index contributed by atoms with van der Waals surface area (Å²) >= 11 is 0.893. The van der Waals surface area contributed by atoms with E-state index < -0.39 is 17.7 Å². The van der Waals surface area contributed by atoms with Crippen molar-refractivity contribution in [2.24, 2.45) is 0 Å². The van der Waals surface area contributed by atoms with Crippen LogP contribution in [-0.4, -0.2) is 31.6 Å². The van der Waals surface area contributed by atoms with Gasteiger partial charge in [-0.15, -0.1) is 10.2 Å². The van der Waals surface area contributed by atoms with Crippen molar-refractivity contribution >= 4 is 17.7 Å². The van der Waals surface area contributed by atoms with Gasteiger partial charge in [-0.1, -0.05) is 17.8 Å². The molecule has 1 aromatic heterocycles. The van der Waals surface area contributed by atoms with Gasteiger partial charge in [0.05, 0.1) is 11.3 Å². The molecule has 0 saturated heterocycles. The molecule has 21 heavy (non-hydrogen) atoms. The number of rotatable bonds is 4. The number of thioether (sulfide) groups is 1. The predicted molar refractivity (Wildman–Crippen MR) is 69.5 cm³/mol. The fourth-order valence-electron chi connectivity index (χ4n) is 1.68. The Morgan fingerprint density at radius 1 is 1.38 bits per heavy atom. The van der Waals surface area contributed by atoms with E-state index in [2.05, 4.69) is 10.2 Å². The lowest BCUT2D eigenvalue weighted by molar-refractivity contribution is -0.137. The highest BCUT2D eigenvalue weighted by molar-refractivity contribution is 7.99. The number of carboxylic acids is 1. The predicted octanol–water partition coefficient (Wildman–Crippen LogP) is 2.77. The maximum atomic E-state index is 12.7. The van der Waals surface area contributed by atoms with Crippen molar-refractivity contribution in [2.75, 3.05) is 5.75 Å². The fourth-order valence-corrected chi connectivity index (χ4v) is 2.40. The van der Waals surface area contributed by atoms with Gasteiger partial charge < -0.3 is 5.11 Å². The van der Waals surface area contributed by atoms with Gasteiger partial charge >= 0.3 is 12.1 Å². The highest BCUT2D eigenvalue weighted by Gasteiger charge is 2.30. The van der Waals surface area contributed by atoms with E-state index in [0.717, 1.165) is 23.9 Å². The van der Waals surface area contributed by atoms with Crippen LogP contribution >= 0.6 is 11.8 Å². The smallest absolute Gasteiger partial charge is 0.416 e.